The van der Waals surface area contributed by atoms with Gasteiger partial charge in [0.15, 0.2) is 0 Å². The minimum Gasteiger partial charge on any atom is -0.321 e. The lowest BCUT2D eigenvalue weighted by Gasteiger charge is -2.16. The van der Waals surface area contributed by atoms with Crippen molar-refractivity contribution in [2.24, 2.45) is 0 Å². The third-order valence-electron chi connectivity index (χ3n) is 3.50. The fourth-order valence-electron chi connectivity index (χ4n) is 2.30. The van der Waals surface area contributed by atoms with E-state index in [4.69, 9.17) is 0 Å². The second-order valence-electron chi connectivity index (χ2n) is 5.26. The lowest BCUT2D eigenvalue weighted by atomic mass is 10.1. The van der Waals surface area contributed by atoms with Crippen LogP contribution in [0.5, 0.6) is 0 Å². The summed E-state index contributed by atoms with van der Waals surface area (Å²) in [6.07, 6.45) is -1.75. The van der Waals surface area contributed by atoms with Crippen LogP contribution in [-0.2, 0) is 6.18 Å². The molecule has 0 unspecified atom stereocenters. The Morgan fingerprint density at radius 1 is 1.15 bits per heavy atom. The number of amides is 1. The number of nitrogens with one attached hydrogen (secondary N) is 1. The highest BCUT2D eigenvalue weighted by Gasteiger charge is 2.34. The summed E-state index contributed by atoms with van der Waals surface area (Å²) >= 11 is 3.02. The molecule has 0 fully saturated rings. The SMILES string of the molecule is O=C(Nc1ccc(-n2cccn2)cc1C(F)(F)F)c1ccc(F)cc1Br. The summed E-state index contributed by atoms with van der Waals surface area (Å²) in [6, 6.07) is 8.30. The quantitative estimate of drug-likeness (QED) is 0.594. The Kier molecular flexibility index (Phi) is 4.82. The summed E-state index contributed by atoms with van der Waals surface area (Å²) < 4.78 is 54.8. The molecule has 1 heterocycles. The van der Waals surface area contributed by atoms with E-state index in [0.29, 0.717) is 0 Å². The summed E-state index contributed by atoms with van der Waals surface area (Å²) in [6.45, 7) is 0. The van der Waals surface area contributed by atoms with Crippen LogP contribution in [0.3, 0.4) is 0 Å². The van der Waals surface area contributed by atoms with Gasteiger partial charge in [0.25, 0.3) is 5.91 Å². The first-order valence-corrected chi connectivity index (χ1v) is 8.02. The summed E-state index contributed by atoms with van der Waals surface area (Å²) in [5, 5.41) is 6.11. The summed E-state index contributed by atoms with van der Waals surface area (Å²) in [5.74, 6) is -1.37. The van der Waals surface area contributed by atoms with Crippen LogP contribution in [-0.4, -0.2) is 15.7 Å². The van der Waals surface area contributed by atoms with Crippen molar-refractivity contribution >= 4 is 27.5 Å². The van der Waals surface area contributed by atoms with Crippen molar-refractivity contribution in [1.82, 2.24) is 9.78 Å². The van der Waals surface area contributed by atoms with Crippen molar-refractivity contribution in [3.8, 4) is 5.69 Å². The molecule has 1 amide bonds. The highest BCUT2D eigenvalue weighted by atomic mass is 79.9. The highest BCUT2D eigenvalue weighted by molar-refractivity contribution is 9.10. The summed E-state index contributed by atoms with van der Waals surface area (Å²) in [7, 11) is 0. The minimum atomic E-state index is -4.69. The number of anilines is 1. The monoisotopic (exact) mass is 427 g/mol. The number of aromatic nitrogens is 2. The zero-order valence-electron chi connectivity index (χ0n) is 12.9. The van der Waals surface area contributed by atoms with E-state index in [2.05, 4.69) is 26.3 Å². The molecule has 2 aromatic carbocycles. The highest BCUT2D eigenvalue weighted by Crippen LogP contribution is 2.36. The largest absolute Gasteiger partial charge is 0.418 e. The van der Waals surface area contributed by atoms with Gasteiger partial charge in [-0.25, -0.2) is 9.07 Å². The molecule has 0 aliphatic heterocycles. The molecule has 0 saturated heterocycles. The van der Waals surface area contributed by atoms with Crippen LogP contribution in [0.2, 0.25) is 0 Å². The topological polar surface area (TPSA) is 46.9 Å². The summed E-state index contributed by atoms with van der Waals surface area (Å²) in [5.41, 5.74) is -1.22. The number of hydrogen-bond donors (Lipinski definition) is 1. The van der Waals surface area contributed by atoms with Crippen LogP contribution in [0.4, 0.5) is 23.2 Å². The van der Waals surface area contributed by atoms with Crippen LogP contribution in [0.25, 0.3) is 5.69 Å². The maximum atomic E-state index is 13.4. The van der Waals surface area contributed by atoms with Crippen LogP contribution in [0.15, 0.2) is 59.3 Å². The molecule has 4 nitrogen and oxygen atoms in total. The molecule has 9 heteroatoms. The van der Waals surface area contributed by atoms with Gasteiger partial charge >= 0.3 is 6.18 Å². The van der Waals surface area contributed by atoms with E-state index in [-0.39, 0.29) is 15.7 Å². The number of alkyl halides is 3. The lowest BCUT2D eigenvalue weighted by Crippen LogP contribution is -2.17. The Morgan fingerprint density at radius 2 is 1.92 bits per heavy atom. The van der Waals surface area contributed by atoms with Crippen molar-refractivity contribution in [3.63, 3.8) is 0 Å². The number of rotatable bonds is 3. The number of carbonyl (C=O) groups excluding carboxylic acids is 1. The molecule has 134 valence electrons. The molecule has 0 atom stereocenters. The predicted octanol–water partition coefficient (Wildman–Crippen LogP) is 5.05. The van der Waals surface area contributed by atoms with Gasteiger partial charge in [-0.1, -0.05) is 0 Å². The number of nitrogens with zero attached hydrogens (tertiary/aromatic N) is 2. The molecule has 3 rings (SSSR count). The van der Waals surface area contributed by atoms with E-state index in [1.165, 1.54) is 29.2 Å². The first kappa shape index (κ1) is 18.1. The van der Waals surface area contributed by atoms with Gasteiger partial charge in [0, 0.05) is 16.9 Å². The Bertz CT molecular complexity index is 955. The number of carbonyl (C=O) groups is 1. The van der Waals surface area contributed by atoms with Crippen molar-refractivity contribution in [2.75, 3.05) is 5.32 Å². The van der Waals surface area contributed by atoms with Crippen LogP contribution < -0.4 is 5.32 Å². The smallest absolute Gasteiger partial charge is 0.321 e. The van der Waals surface area contributed by atoms with Gasteiger partial charge in [0.2, 0.25) is 0 Å². The molecule has 3 aromatic rings. The number of hydrogen-bond acceptors (Lipinski definition) is 2. The standard InChI is InChI=1S/C17H10BrF4N3O/c18-14-8-10(19)2-4-12(14)16(26)24-15-5-3-11(25-7-1-6-23-25)9-13(15)17(20,21)22/h1-9H,(H,24,26). The fraction of sp³-hybridized carbons (Fsp3) is 0.0588. The second-order valence-corrected chi connectivity index (χ2v) is 6.11. The average Bonchev–Trinajstić information content (AvgIpc) is 3.08. The van der Waals surface area contributed by atoms with Gasteiger partial charge < -0.3 is 5.32 Å². The van der Waals surface area contributed by atoms with Crippen LogP contribution in [0, 0.1) is 5.82 Å². The van der Waals surface area contributed by atoms with Gasteiger partial charge in [-0.2, -0.15) is 18.3 Å². The molecule has 0 saturated carbocycles. The van der Waals surface area contributed by atoms with Gasteiger partial charge in [0.05, 0.1) is 22.5 Å². The molecular formula is C17H10BrF4N3O. The van der Waals surface area contributed by atoms with Crippen molar-refractivity contribution in [2.45, 2.75) is 6.18 Å². The molecule has 0 spiro atoms. The van der Waals surface area contributed by atoms with E-state index in [9.17, 15) is 22.4 Å². The number of halogens is 5. The lowest BCUT2D eigenvalue weighted by molar-refractivity contribution is -0.136. The van der Waals surface area contributed by atoms with E-state index in [0.717, 1.165) is 24.3 Å². The van der Waals surface area contributed by atoms with Crippen LogP contribution >= 0.6 is 15.9 Å². The molecule has 1 N–H and O–H groups in total. The molecule has 26 heavy (non-hydrogen) atoms. The Labute approximate surface area is 153 Å². The number of benzene rings is 2. The van der Waals surface area contributed by atoms with Crippen molar-refractivity contribution in [1.29, 1.82) is 0 Å². The first-order valence-electron chi connectivity index (χ1n) is 7.23. The molecule has 0 bridgehead atoms. The van der Waals surface area contributed by atoms with Gasteiger partial charge in [0.1, 0.15) is 5.82 Å². The van der Waals surface area contributed by atoms with Crippen molar-refractivity contribution in [3.05, 3.63) is 76.3 Å². The zero-order valence-corrected chi connectivity index (χ0v) is 14.5. The van der Waals surface area contributed by atoms with E-state index >= 15 is 0 Å². The third kappa shape index (κ3) is 3.77. The Hall–Kier alpha value is -2.68. The normalized spacial score (nSPS) is 11.4. The molecule has 0 radical (unpaired) electrons. The average molecular weight is 428 g/mol. The van der Waals surface area contributed by atoms with Crippen molar-refractivity contribution < 1.29 is 22.4 Å². The Morgan fingerprint density at radius 3 is 2.54 bits per heavy atom. The third-order valence-corrected chi connectivity index (χ3v) is 4.16. The summed E-state index contributed by atoms with van der Waals surface area (Å²) in [4.78, 5) is 12.3. The molecule has 0 aliphatic rings. The molecular weight excluding hydrogens is 418 g/mol. The predicted molar refractivity (Wildman–Crippen MR) is 90.6 cm³/mol. The van der Waals surface area contributed by atoms with Gasteiger partial charge in [-0.05, 0) is 58.4 Å². The molecule has 0 aliphatic carbocycles. The van der Waals surface area contributed by atoms with Gasteiger partial charge in [-0.15, -0.1) is 0 Å². The fourth-order valence-corrected chi connectivity index (χ4v) is 2.83. The van der Waals surface area contributed by atoms with Gasteiger partial charge in [-0.3, -0.25) is 4.79 Å². The Balaban J connectivity index is 1.97. The van der Waals surface area contributed by atoms with E-state index in [1.54, 1.807) is 6.07 Å². The maximum Gasteiger partial charge on any atom is 0.418 e. The second kappa shape index (κ2) is 6.91. The van der Waals surface area contributed by atoms with Crippen LogP contribution in [0.1, 0.15) is 15.9 Å². The van der Waals surface area contributed by atoms with E-state index in [1.807, 2.05) is 0 Å². The maximum absolute atomic E-state index is 13.4. The zero-order chi connectivity index (χ0) is 18.9. The minimum absolute atomic E-state index is 0.00989. The van der Waals surface area contributed by atoms with E-state index < -0.39 is 29.2 Å². The molecule has 1 aromatic heterocycles. The first-order chi connectivity index (χ1) is 12.3.